The standard InChI is InChI=1S/C54H105NO8/c1-3-5-7-9-11-13-15-16-17-18-19-20-21-22-23-24-25-26-27-28-29-30-31-32-34-35-37-39-41-43-48(57)47(46-62-54-53(61)52(60)51(59)49(45-56)63-54)55-50(58)44-42-40-38-36-33-14-12-10-8-6-4-2/h41,43,47-49,51-54,56-57,59-61H,3-40,42,44-46H2,1-2H3,(H,55,58)/b43-41+. The van der Waals surface area contributed by atoms with E-state index in [0.29, 0.717) is 6.42 Å². The first-order valence-corrected chi connectivity index (χ1v) is 27.4. The quantitative estimate of drug-likeness (QED) is 0.0261. The maximum Gasteiger partial charge on any atom is 0.220 e. The van der Waals surface area contributed by atoms with Gasteiger partial charge in [0.2, 0.25) is 5.91 Å². The highest BCUT2D eigenvalue weighted by molar-refractivity contribution is 5.76. The van der Waals surface area contributed by atoms with Crippen molar-refractivity contribution < 1.29 is 39.8 Å². The van der Waals surface area contributed by atoms with Crippen molar-refractivity contribution in [2.24, 2.45) is 0 Å². The highest BCUT2D eigenvalue weighted by Gasteiger charge is 2.44. The van der Waals surface area contributed by atoms with E-state index in [0.717, 1.165) is 38.5 Å². The van der Waals surface area contributed by atoms with E-state index >= 15 is 0 Å². The lowest BCUT2D eigenvalue weighted by Gasteiger charge is -2.40. The molecule has 0 bridgehead atoms. The van der Waals surface area contributed by atoms with E-state index in [-0.39, 0.29) is 12.5 Å². The molecule has 0 spiro atoms. The molecule has 7 atom stereocenters. The third-order valence-electron chi connectivity index (χ3n) is 13.4. The third kappa shape index (κ3) is 34.8. The zero-order valence-electron chi connectivity index (χ0n) is 41.4. The Morgan fingerprint density at radius 1 is 0.524 bits per heavy atom. The first kappa shape index (κ1) is 59.9. The summed E-state index contributed by atoms with van der Waals surface area (Å²) in [6.45, 7) is 3.79. The summed E-state index contributed by atoms with van der Waals surface area (Å²) < 4.78 is 11.2. The number of allylic oxidation sites excluding steroid dienone is 1. The van der Waals surface area contributed by atoms with Gasteiger partial charge in [0, 0.05) is 6.42 Å². The molecule has 0 aromatic carbocycles. The van der Waals surface area contributed by atoms with Crippen LogP contribution >= 0.6 is 0 Å². The summed E-state index contributed by atoms with van der Waals surface area (Å²) in [5, 5.41) is 54.3. The molecule has 1 saturated heterocycles. The summed E-state index contributed by atoms with van der Waals surface area (Å²) in [6.07, 6.45) is 47.2. The summed E-state index contributed by atoms with van der Waals surface area (Å²) in [7, 11) is 0. The Morgan fingerprint density at radius 3 is 1.24 bits per heavy atom. The Morgan fingerprint density at radius 2 is 0.873 bits per heavy atom. The van der Waals surface area contributed by atoms with Crippen LogP contribution in [0.2, 0.25) is 0 Å². The number of nitrogens with one attached hydrogen (secondary N) is 1. The van der Waals surface area contributed by atoms with Crippen LogP contribution in [0.25, 0.3) is 0 Å². The second-order valence-electron chi connectivity index (χ2n) is 19.4. The number of carbonyl (C=O) groups excluding carboxylic acids is 1. The van der Waals surface area contributed by atoms with Crippen molar-refractivity contribution in [3.63, 3.8) is 0 Å². The molecule has 0 saturated carbocycles. The Balaban J connectivity index is 2.16. The van der Waals surface area contributed by atoms with Crippen LogP contribution in [0.3, 0.4) is 0 Å². The number of ether oxygens (including phenoxy) is 2. The van der Waals surface area contributed by atoms with Crippen molar-refractivity contribution in [3.8, 4) is 0 Å². The van der Waals surface area contributed by atoms with Crippen LogP contribution in [0.5, 0.6) is 0 Å². The van der Waals surface area contributed by atoms with Gasteiger partial charge in [-0.05, 0) is 19.3 Å². The molecule has 6 N–H and O–H groups in total. The summed E-state index contributed by atoms with van der Waals surface area (Å²) in [5.74, 6) is -0.175. The molecule has 0 aromatic rings. The van der Waals surface area contributed by atoms with E-state index in [1.54, 1.807) is 6.08 Å². The fourth-order valence-electron chi connectivity index (χ4n) is 8.98. The van der Waals surface area contributed by atoms with Crippen LogP contribution in [0.1, 0.15) is 271 Å². The van der Waals surface area contributed by atoms with E-state index < -0.39 is 49.5 Å². The number of carbonyl (C=O) groups is 1. The van der Waals surface area contributed by atoms with E-state index in [1.165, 1.54) is 212 Å². The third-order valence-corrected chi connectivity index (χ3v) is 13.4. The number of amides is 1. The van der Waals surface area contributed by atoms with E-state index in [4.69, 9.17) is 9.47 Å². The molecule has 0 radical (unpaired) electrons. The van der Waals surface area contributed by atoms with Crippen LogP contribution in [0.4, 0.5) is 0 Å². The molecule has 1 rings (SSSR count). The second-order valence-corrected chi connectivity index (χ2v) is 19.4. The van der Waals surface area contributed by atoms with Gasteiger partial charge in [-0.1, -0.05) is 257 Å². The van der Waals surface area contributed by atoms with Gasteiger partial charge in [0.1, 0.15) is 24.4 Å². The summed E-state index contributed by atoms with van der Waals surface area (Å²) in [4.78, 5) is 12.9. The molecule has 1 fully saturated rings. The molecular formula is C54H105NO8. The molecule has 9 heteroatoms. The van der Waals surface area contributed by atoms with Crippen molar-refractivity contribution in [2.75, 3.05) is 13.2 Å². The molecule has 63 heavy (non-hydrogen) atoms. The zero-order chi connectivity index (χ0) is 45.9. The van der Waals surface area contributed by atoms with Gasteiger partial charge in [-0.3, -0.25) is 4.79 Å². The van der Waals surface area contributed by atoms with Gasteiger partial charge in [-0.15, -0.1) is 0 Å². The van der Waals surface area contributed by atoms with Gasteiger partial charge >= 0.3 is 0 Å². The molecule has 9 nitrogen and oxygen atoms in total. The fourth-order valence-corrected chi connectivity index (χ4v) is 8.98. The maximum atomic E-state index is 12.9. The molecule has 7 unspecified atom stereocenters. The minimum Gasteiger partial charge on any atom is -0.394 e. The van der Waals surface area contributed by atoms with Gasteiger partial charge in [-0.25, -0.2) is 0 Å². The molecule has 1 heterocycles. The maximum absolute atomic E-state index is 12.9. The summed E-state index contributed by atoms with van der Waals surface area (Å²) >= 11 is 0. The average Bonchev–Trinajstić information content (AvgIpc) is 3.28. The number of aliphatic hydroxyl groups excluding tert-OH is 5. The number of aliphatic hydroxyl groups is 5. The first-order chi connectivity index (χ1) is 30.8. The monoisotopic (exact) mass is 896 g/mol. The lowest BCUT2D eigenvalue weighted by atomic mass is 9.99. The van der Waals surface area contributed by atoms with Gasteiger partial charge in [0.05, 0.1) is 25.4 Å². The molecule has 374 valence electrons. The Kier molecular flexibility index (Phi) is 42.6. The van der Waals surface area contributed by atoms with Gasteiger partial charge in [-0.2, -0.15) is 0 Å². The molecule has 0 aliphatic carbocycles. The van der Waals surface area contributed by atoms with Gasteiger partial charge < -0.3 is 40.3 Å². The van der Waals surface area contributed by atoms with Crippen molar-refractivity contribution in [3.05, 3.63) is 12.2 Å². The minimum atomic E-state index is -1.56. The van der Waals surface area contributed by atoms with Gasteiger partial charge in [0.25, 0.3) is 0 Å². The largest absolute Gasteiger partial charge is 0.394 e. The Bertz CT molecular complexity index is 997. The normalized spacial score (nSPS) is 20.1. The second kappa shape index (κ2) is 44.7. The van der Waals surface area contributed by atoms with Crippen LogP contribution in [-0.2, 0) is 14.3 Å². The average molecular weight is 896 g/mol. The van der Waals surface area contributed by atoms with E-state index in [9.17, 15) is 30.3 Å². The predicted octanol–water partition coefficient (Wildman–Crippen LogP) is 12.8. The van der Waals surface area contributed by atoms with Crippen LogP contribution < -0.4 is 5.32 Å². The smallest absolute Gasteiger partial charge is 0.220 e. The Hall–Kier alpha value is -1.07. The van der Waals surface area contributed by atoms with Crippen molar-refractivity contribution in [1.82, 2.24) is 5.32 Å². The van der Waals surface area contributed by atoms with E-state index in [1.807, 2.05) is 6.08 Å². The van der Waals surface area contributed by atoms with Crippen LogP contribution in [0.15, 0.2) is 12.2 Å². The van der Waals surface area contributed by atoms with Crippen LogP contribution in [-0.4, -0.2) is 87.5 Å². The van der Waals surface area contributed by atoms with Crippen molar-refractivity contribution in [1.29, 1.82) is 0 Å². The molecular weight excluding hydrogens is 791 g/mol. The molecule has 1 aliphatic heterocycles. The Labute approximate surface area is 388 Å². The topological polar surface area (TPSA) is 149 Å². The van der Waals surface area contributed by atoms with Crippen molar-refractivity contribution >= 4 is 5.91 Å². The minimum absolute atomic E-state index is 0.175. The molecule has 1 amide bonds. The number of rotatable bonds is 47. The fraction of sp³-hybridized carbons (Fsp3) is 0.944. The zero-order valence-corrected chi connectivity index (χ0v) is 41.4. The molecule has 1 aliphatic rings. The summed E-state index contributed by atoms with van der Waals surface area (Å²) in [5.41, 5.74) is 0. The number of hydrogen-bond donors (Lipinski definition) is 6. The van der Waals surface area contributed by atoms with Crippen molar-refractivity contribution in [2.45, 2.75) is 314 Å². The SMILES string of the molecule is CCCCCCCCCCCCCCCCCCCCCCCCCCCCC/C=C/C(O)C(COC1OC(CO)C(O)C(O)C1O)NC(=O)CCCCCCCCCCCCC. The molecule has 0 aromatic heterocycles. The predicted molar refractivity (Wildman–Crippen MR) is 263 cm³/mol. The lowest BCUT2D eigenvalue weighted by molar-refractivity contribution is -0.302. The van der Waals surface area contributed by atoms with Gasteiger partial charge in [0.15, 0.2) is 6.29 Å². The summed E-state index contributed by atoms with van der Waals surface area (Å²) in [6, 6.07) is -0.799. The highest BCUT2D eigenvalue weighted by Crippen LogP contribution is 2.23. The first-order valence-electron chi connectivity index (χ1n) is 27.4. The van der Waals surface area contributed by atoms with E-state index in [2.05, 4.69) is 19.2 Å². The van der Waals surface area contributed by atoms with Crippen LogP contribution in [0, 0.1) is 0 Å². The lowest BCUT2D eigenvalue weighted by Crippen LogP contribution is -2.60. The highest BCUT2D eigenvalue weighted by atomic mass is 16.7. The number of unbranched alkanes of at least 4 members (excludes halogenated alkanes) is 37. The number of hydrogen-bond acceptors (Lipinski definition) is 8.